The van der Waals surface area contributed by atoms with E-state index in [1.807, 2.05) is 42.5 Å². The SMILES string of the molecule is COc1ccc(-c2nc(CC(=O)OCC(=O)Nc3ccc(N4CCCC4)cc3)cs2)cc1OC. The zero-order valence-electron chi connectivity index (χ0n) is 19.2. The van der Waals surface area contributed by atoms with Gasteiger partial charge in [-0.1, -0.05) is 0 Å². The Bertz CT molecular complexity index is 1140. The average molecular weight is 482 g/mol. The number of amides is 1. The van der Waals surface area contributed by atoms with E-state index >= 15 is 0 Å². The molecule has 34 heavy (non-hydrogen) atoms. The highest BCUT2D eigenvalue weighted by Crippen LogP contribution is 2.33. The van der Waals surface area contributed by atoms with Crippen molar-refractivity contribution in [3.63, 3.8) is 0 Å². The number of esters is 1. The maximum atomic E-state index is 12.2. The van der Waals surface area contributed by atoms with Gasteiger partial charge >= 0.3 is 5.97 Å². The molecule has 1 amide bonds. The Morgan fingerprint density at radius 1 is 1.03 bits per heavy atom. The Hall–Kier alpha value is -3.59. The molecule has 0 spiro atoms. The number of methoxy groups -OCH3 is 2. The van der Waals surface area contributed by atoms with E-state index in [1.54, 1.807) is 19.6 Å². The zero-order chi connectivity index (χ0) is 23.9. The van der Waals surface area contributed by atoms with Crippen molar-refractivity contribution in [2.45, 2.75) is 19.3 Å². The van der Waals surface area contributed by atoms with E-state index in [2.05, 4.69) is 15.2 Å². The van der Waals surface area contributed by atoms with E-state index in [9.17, 15) is 9.59 Å². The van der Waals surface area contributed by atoms with Crippen molar-refractivity contribution < 1.29 is 23.8 Å². The Labute approximate surface area is 202 Å². The van der Waals surface area contributed by atoms with Gasteiger partial charge in [0.2, 0.25) is 0 Å². The lowest BCUT2D eigenvalue weighted by molar-refractivity contribution is -0.146. The number of ether oxygens (including phenoxy) is 3. The molecule has 2 heterocycles. The molecule has 0 unspecified atom stereocenters. The maximum absolute atomic E-state index is 12.2. The molecular formula is C25H27N3O5S. The molecule has 0 bridgehead atoms. The van der Waals surface area contributed by atoms with Crippen molar-refractivity contribution in [2.24, 2.45) is 0 Å². The van der Waals surface area contributed by atoms with Crippen LogP contribution in [0.25, 0.3) is 10.6 Å². The molecule has 3 aromatic rings. The van der Waals surface area contributed by atoms with Crippen LogP contribution in [0.2, 0.25) is 0 Å². The Balaban J connectivity index is 1.25. The molecule has 1 aromatic heterocycles. The number of aromatic nitrogens is 1. The summed E-state index contributed by atoms with van der Waals surface area (Å²) in [6.45, 7) is 1.78. The van der Waals surface area contributed by atoms with E-state index in [4.69, 9.17) is 14.2 Å². The minimum Gasteiger partial charge on any atom is -0.493 e. The standard InChI is InChI=1S/C25H27N3O5S/c1-31-21-10-5-17(13-22(21)32-2)25-27-19(16-34-25)14-24(30)33-15-23(29)26-18-6-8-20(9-7-18)28-11-3-4-12-28/h5-10,13,16H,3-4,11-12,14-15H2,1-2H3,(H,26,29). The Kier molecular flexibility index (Phi) is 7.64. The van der Waals surface area contributed by atoms with E-state index in [0.29, 0.717) is 22.9 Å². The van der Waals surface area contributed by atoms with Gasteiger partial charge in [-0.25, -0.2) is 4.98 Å². The first-order chi connectivity index (χ1) is 16.6. The van der Waals surface area contributed by atoms with Crippen LogP contribution in [0.1, 0.15) is 18.5 Å². The van der Waals surface area contributed by atoms with E-state index in [0.717, 1.165) is 29.3 Å². The molecule has 0 atom stereocenters. The molecule has 2 aromatic carbocycles. The molecule has 1 N–H and O–H groups in total. The fraction of sp³-hybridized carbons (Fsp3) is 0.320. The molecule has 1 fully saturated rings. The van der Waals surface area contributed by atoms with Gasteiger partial charge in [0.25, 0.3) is 5.91 Å². The molecule has 178 valence electrons. The largest absolute Gasteiger partial charge is 0.493 e. The highest BCUT2D eigenvalue weighted by molar-refractivity contribution is 7.13. The van der Waals surface area contributed by atoms with Crippen LogP contribution in [-0.2, 0) is 20.7 Å². The summed E-state index contributed by atoms with van der Waals surface area (Å²) in [5.41, 5.74) is 3.26. The Morgan fingerprint density at radius 3 is 2.47 bits per heavy atom. The van der Waals surface area contributed by atoms with Crippen LogP contribution >= 0.6 is 11.3 Å². The summed E-state index contributed by atoms with van der Waals surface area (Å²) in [6.07, 6.45) is 2.41. The van der Waals surface area contributed by atoms with Gasteiger partial charge in [0.05, 0.1) is 26.3 Å². The number of benzene rings is 2. The molecule has 1 saturated heterocycles. The van der Waals surface area contributed by atoms with Crippen LogP contribution in [0.5, 0.6) is 11.5 Å². The van der Waals surface area contributed by atoms with Crippen LogP contribution in [0, 0.1) is 0 Å². The number of thiazole rings is 1. The number of rotatable bonds is 9. The third kappa shape index (κ3) is 5.85. The smallest absolute Gasteiger partial charge is 0.312 e. The van der Waals surface area contributed by atoms with Crippen LogP contribution in [0.4, 0.5) is 11.4 Å². The molecule has 0 aliphatic carbocycles. The number of anilines is 2. The van der Waals surface area contributed by atoms with Crippen molar-refractivity contribution in [3.8, 4) is 22.1 Å². The Morgan fingerprint density at radius 2 is 1.76 bits per heavy atom. The van der Waals surface area contributed by atoms with E-state index in [-0.39, 0.29) is 18.9 Å². The van der Waals surface area contributed by atoms with Crippen LogP contribution in [0.3, 0.4) is 0 Å². The van der Waals surface area contributed by atoms with Crippen molar-refractivity contribution in [1.29, 1.82) is 0 Å². The third-order valence-corrected chi connectivity index (χ3v) is 6.43. The summed E-state index contributed by atoms with van der Waals surface area (Å²) in [5.74, 6) is 0.343. The third-order valence-electron chi connectivity index (χ3n) is 5.49. The van der Waals surface area contributed by atoms with Gasteiger partial charge < -0.3 is 24.4 Å². The summed E-state index contributed by atoms with van der Waals surface area (Å²) in [5, 5.41) is 5.30. The molecule has 8 nitrogen and oxygen atoms in total. The highest BCUT2D eigenvalue weighted by Gasteiger charge is 2.15. The topological polar surface area (TPSA) is 90.0 Å². The molecular weight excluding hydrogens is 454 g/mol. The average Bonchev–Trinajstić information content (AvgIpc) is 3.55. The lowest BCUT2D eigenvalue weighted by atomic mass is 10.2. The van der Waals surface area contributed by atoms with Crippen LogP contribution < -0.4 is 19.7 Å². The maximum Gasteiger partial charge on any atom is 0.312 e. The highest BCUT2D eigenvalue weighted by atomic mass is 32.1. The second-order valence-corrected chi connectivity index (χ2v) is 8.70. The number of hydrogen-bond acceptors (Lipinski definition) is 8. The lowest BCUT2D eigenvalue weighted by Crippen LogP contribution is -2.22. The minimum absolute atomic E-state index is 0.0123. The number of nitrogens with zero attached hydrogens (tertiary/aromatic N) is 2. The normalized spacial score (nSPS) is 12.9. The number of nitrogens with one attached hydrogen (secondary N) is 1. The van der Waals surface area contributed by atoms with Gasteiger partial charge in [-0.15, -0.1) is 11.3 Å². The predicted molar refractivity (Wildman–Crippen MR) is 132 cm³/mol. The van der Waals surface area contributed by atoms with Crippen molar-refractivity contribution >= 4 is 34.6 Å². The molecule has 9 heteroatoms. The van der Waals surface area contributed by atoms with Crippen LogP contribution in [0.15, 0.2) is 47.8 Å². The molecule has 0 saturated carbocycles. The van der Waals surface area contributed by atoms with Gasteiger partial charge in [0, 0.05) is 35.4 Å². The summed E-state index contributed by atoms with van der Waals surface area (Å²) in [4.78, 5) is 31.2. The predicted octanol–water partition coefficient (Wildman–Crippen LogP) is 4.15. The van der Waals surface area contributed by atoms with Crippen LogP contribution in [-0.4, -0.2) is 50.8 Å². The summed E-state index contributed by atoms with van der Waals surface area (Å²) in [6, 6.07) is 13.2. The summed E-state index contributed by atoms with van der Waals surface area (Å²) in [7, 11) is 3.15. The lowest BCUT2D eigenvalue weighted by Gasteiger charge is -2.17. The molecule has 0 radical (unpaired) electrons. The van der Waals surface area contributed by atoms with Gasteiger partial charge in [-0.05, 0) is 55.3 Å². The van der Waals surface area contributed by atoms with Crippen molar-refractivity contribution in [1.82, 2.24) is 4.98 Å². The van der Waals surface area contributed by atoms with Gasteiger partial charge in [0.1, 0.15) is 5.01 Å². The second-order valence-electron chi connectivity index (χ2n) is 7.84. The fourth-order valence-electron chi connectivity index (χ4n) is 3.76. The summed E-state index contributed by atoms with van der Waals surface area (Å²) < 4.78 is 15.7. The molecule has 1 aliphatic rings. The zero-order valence-corrected chi connectivity index (χ0v) is 20.0. The molecule has 4 rings (SSSR count). The number of carbonyl (C=O) groups is 2. The van der Waals surface area contributed by atoms with E-state index < -0.39 is 5.97 Å². The number of carbonyl (C=O) groups excluding carboxylic acids is 2. The first-order valence-electron chi connectivity index (χ1n) is 11.0. The van der Waals surface area contributed by atoms with Crippen molar-refractivity contribution in [2.75, 3.05) is 44.1 Å². The molecule has 1 aliphatic heterocycles. The first-order valence-corrected chi connectivity index (χ1v) is 11.9. The summed E-state index contributed by atoms with van der Waals surface area (Å²) >= 11 is 1.42. The monoisotopic (exact) mass is 481 g/mol. The van der Waals surface area contributed by atoms with Crippen molar-refractivity contribution in [3.05, 3.63) is 53.5 Å². The fourth-order valence-corrected chi connectivity index (χ4v) is 4.58. The van der Waals surface area contributed by atoms with Gasteiger partial charge in [-0.2, -0.15) is 0 Å². The van der Waals surface area contributed by atoms with E-state index in [1.165, 1.54) is 24.2 Å². The van der Waals surface area contributed by atoms with Gasteiger partial charge in [-0.3, -0.25) is 9.59 Å². The first kappa shape index (κ1) is 23.6. The second kappa shape index (κ2) is 11.0. The van der Waals surface area contributed by atoms with Gasteiger partial charge in [0.15, 0.2) is 18.1 Å². The minimum atomic E-state index is -0.510. The number of hydrogen-bond donors (Lipinski definition) is 1. The quantitative estimate of drug-likeness (QED) is 0.459.